The average Bonchev–Trinajstić information content (AvgIpc) is 3.64. The highest BCUT2D eigenvalue weighted by molar-refractivity contribution is 7.18. The molecule has 214 valence electrons. The number of fused-ring (bicyclic) bond motifs is 1. The van der Waals surface area contributed by atoms with E-state index in [0.29, 0.717) is 10.2 Å². The van der Waals surface area contributed by atoms with Crippen LogP contribution < -0.4 is 0 Å². The van der Waals surface area contributed by atoms with Crippen molar-refractivity contribution in [2.24, 2.45) is 0 Å². The van der Waals surface area contributed by atoms with Crippen LogP contribution in [-0.2, 0) is 4.74 Å². The summed E-state index contributed by atoms with van der Waals surface area (Å²) < 4.78 is 65.3. The molecule has 2 aromatic carbocycles. The van der Waals surface area contributed by atoms with Crippen LogP contribution in [0.5, 0.6) is 0 Å². The van der Waals surface area contributed by atoms with E-state index in [-0.39, 0.29) is 28.5 Å². The first-order valence-electron chi connectivity index (χ1n) is 12.4. The Morgan fingerprint density at radius 3 is 2.39 bits per heavy atom. The molecule has 1 aliphatic heterocycles. The molecule has 1 aliphatic rings. The zero-order valence-electron chi connectivity index (χ0n) is 21.4. The van der Waals surface area contributed by atoms with Crippen molar-refractivity contribution < 1.29 is 37.6 Å². The van der Waals surface area contributed by atoms with Gasteiger partial charge in [0, 0.05) is 17.8 Å². The number of aliphatic hydroxyl groups is 3. The van der Waals surface area contributed by atoms with Gasteiger partial charge in [-0.2, -0.15) is 10.2 Å². The fourth-order valence-electron chi connectivity index (χ4n) is 5.01. The van der Waals surface area contributed by atoms with Crippen LogP contribution in [0.15, 0.2) is 36.7 Å². The highest BCUT2D eigenvalue weighted by Gasteiger charge is 2.48. The summed E-state index contributed by atoms with van der Waals surface area (Å²) in [5.41, 5.74) is 0.635. The molecular weight excluding hydrogens is 568 g/mol. The molecule has 1 saturated heterocycles. The Morgan fingerprint density at radius 1 is 0.951 bits per heavy atom. The van der Waals surface area contributed by atoms with Crippen molar-refractivity contribution in [3.8, 4) is 16.8 Å². The van der Waals surface area contributed by atoms with E-state index in [1.54, 1.807) is 19.9 Å². The number of rotatable bonds is 5. The first kappa shape index (κ1) is 27.4. The fraction of sp³-hybridized carbons (Fsp3) is 0.308. The van der Waals surface area contributed by atoms with Gasteiger partial charge >= 0.3 is 0 Å². The average molecular weight is 591 g/mol. The largest absolute Gasteiger partial charge is 0.394 e. The van der Waals surface area contributed by atoms with Crippen molar-refractivity contribution in [2.45, 2.75) is 44.3 Å². The van der Waals surface area contributed by atoms with Gasteiger partial charge in [0.05, 0.1) is 28.0 Å². The molecule has 0 aliphatic carbocycles. The summed E-state index contributed by atoms with van der Waals surface area (Å²) in [6, 6.07) is 3.15. The number of hydrogen-bond donors (Lipinski definition) is 3. The molecule has 0 bridgehead atoms. The lowest BCUT2D eigenvalue weighted by atomic mass is 9.92. The highest BCUT2D eigenvalue weighted by Crippen LogP contribution is 2.39. The van der Waals surface area contributed by atoms with Crippen LogP contribution >= 0.6 is 11.3 Å². The third kappa shape index (κ3) is 4.68. The number of aromatic nitrogens is 6. The molecule has 6 rings (SSSR count). The summed E-state index contributed by atoms with van der Waals surface area (Å²) in [4.78, 5) is 8.66. The second-order valence-electron chi connectivity index (χ2n) is 9.65. The number of ether oxygens (including phenoxy) is 1. The number of benzene rings is 2. The SMILES string of the molecule is Cc1nc([C@@H]2OC(CO)[C@H](O)[C@H](n3cc(-c4cc(F)c(F)c(F)c4)cn3)C2O)n(-c2cc3sc(C)nc3cc2F)n1. The van der Waals surface area contributed by atoms with Crippen LogP contribution in [0.2, 0.25) is 0 Å². The molecule has 5 atom stereocenters. The Kier molecular flexibility index (Phi) is 6.86. The molecule has 3 aromatic heterocycles. The van der Waals surface area contributed by atoms with Crippen LogP contribution in [0.25, 0.3) is 27.0 Å². The number of hydrogen-bond acceptors (Lipinski definition) is 9. The van der Waals surface area contributed by atoms with E-state index in [2.05, 4.69) is 20.2 Å². The van der Waals surface area contributed by atoms with Gasteiger partial charge < -0.3 is 20.1 Å². The summed E-state index contributed by atoms with van der Waals surface area (Å²) >= 11 is 1.36. The molecule has 2 unspecified atom stereocenters. The Morgan fingerprint density at radius 2 is 1.68 bits per heavy atom. The minimum Gasteiger partial charge on any atom is -0.394 e. The Hall–Kier alpha value is -3.76. The van der Waals surface area contributed by atoms with Gasteiger partial charge in [-0.1, -0.05) is 0 Å². The highest BCUT2D eigenvalue weighted by atomic mass is 32.1. The van der Waals surface area contributed by atoms with Gasteiger partial charge in [-0.25, -0.2) is 32.2 Å². The molecule has 41 heavy (non-hydrogen) atoms. The number of aryl methyl sites for hydroxylation is 2. The van der Waals surface area contributed by atoms with Crippen LogP contribution in [0.1, 0.15) is 28.8 Å². The lowest BCUT2D eigenvalue weighted by molar-refractivity contribution is -0.210. The third-order valence-electron chi connectivity index (χ3n) is 6.90. The lowest BCUT2D eigenvalue weighted by Crippen LogP contribution is -2.53. The summed E-state index contributed by atoms with van der Waals surface area (Å²) in [5.74, 6) is -4.82. The topological polar surface area (TPSA) is 131 Å². The second kappa shape index (κ2) is 10.3. The molecule has 0 radical (unpaired) electrons. The van der Waals surface area contributed by atoms with E-state index in [1.807, 2.05) is 0 Å². The standard InChI is InChI=1S/C26H22F4N6O4S/c1-10-32-26(36(34-10)18-6-20-17(5-14(18)27)33-11(2)41-20)25-24(39)22(23(38)19(9-37)40-25)35-8-13(7-31-35)12-3-15(28)21(30)16(29)4-12/h3-8,19,22-25,37-39H,9H2,1-2H3/t19?,22-,23-,24?,25+/m0/s1. The molecule has 0 spiro atoms. The molecule has 10 nitrogen and oxygen atoms in total. The van der Waals surface area contributed by atoms with Crippen LogP contribution in [0.3, 0.4) is 0 Å². The smallest absolute Gasteiger partial charge is 0.194 e. The Labute approximate surface area is 233 Å². The molecule has 3 N–H and O–H groups in total. The zero-order chi connectivity index (χ0) is 29.2. The predicted molar refractivity (Wildman–Crippen MR) is 137 cm³/mol. The summed E-state index contributed by atoms with van der Waals surface area (Å²) in [6.07, 6.45) is -3.10. The van der Waals surface area contributed by atoms with Gasteiger partial charge in [-0.3, -0.25) is 4.68 Å². The molecule has 5 aromatic rings. The number of halogens is 4. The molecule has 4 heterocycles. The van der Waals surface area contributed by atoms with E-state index >= 15 is 4.39 Å². The summed E-state index contributed by atoms with van der Waals surface area (Å²) in [6.45, 7) is 2.71. The maximum absolute atomic E-state index is 15.3. The van der Waals surface area contributed by atoms with Gasteiger partial charge in [-0.15, -0.1) is 11.3 Å². The second-order valence-corrected chi connectivity index (χ2v) is 10.9. The first-order chi connectivity index (χ1) is 19.5. The monoisotopic (exact) mass is 590 g/mol. The van der Waals surface area contributed by atoms with E-state index in [9.17, 15) is 28.5 Å². The van der Waals surface area contributed by atoms with E-state index in [4.69, 9.17) is 4.74 Å². The van der Waals surface area contributed by atoms with Crippen molar-refractivity contribution in [1.82, 2.24) is 29.5 Å². The number of nitrogens with zero attached hydrogens (tertiary/aromatic N) is 6. The Bertz CT molecular complexity index is 1750. The maximum atomic E-state index is 15.3. The molecule has 0 saturated carbocycles. The minimum atomic E-state index is -1.62. The quantitative estimate of drug-likeness (QED) is 0.210. The minimum absolute atomic E-state index is 0.0000986. The molecular formula is C26H22F4N6O4S. The predicted octanol–water partition coefficient (Wildman–Crippen LogP) is 3.31. The van der Waals surface area contributed by atoms with Crippen LogP contribution in [0, 0.1) is 37.1 Å². The molecule has 0 amide bonds. The van der Waals surface area contributed by atoms with Gasteiger partial charge in [-0.05, 0) is 37.6 Å². The van der Waals surface area contributed by atoms with Gasteiger partial charge in [0.15, 0.2) is 29.1 Å². The Balaban J connectivity index is 1.41. The summed E-state index contributed by atoms with van der Waals surface area (Å²) in [7, 11) is 0. The van der Waals surface area contributed by atoms with Crippen molar-refractivity contribution in [3.05, 3.63) is 76.6 Å². The van der Waals surface area contributed by atoms with Crippen molar-refractivity contribution >= 4 is 21.6 Å². The van der Waals surface area contributed by atoms with E-state index in [0.717, 1.165) is 21.8 Å². The van der Waals surface area contributed by atoms with Crippen LogP contribution in [-0.4, -0.2) is 69.8 Å². The fourth-order valence-corrected chi connectivity index (χ4v) is 5.85. The molecule has 15 heteroatoms. The van der Waals surface area contributed by atoms with E-state index < -0.39 is 60.3 Å². The van der Waals surface area contributed by atoms with Crippen molar-refractivity contribution in [3.63, 3.8) is 0 Å². The zero-order valence-corrected chi connectivity index (χ0v) is 22.2. The van der Waals surface area contributed by atoms with Crippen LogP contribution in [0.4, 0.5) is 17.6 Å². The van der Waals surface area contributed by atoms with Crippen molar-refractivity contribution in [1.29, 1.82) is 0 Å². The van der Waals surface area contributed by atoms with Gasteiger partial charge in [0.2, 0.25) is 0 Å². The summed E-state index contributed by atoms with van der Waals surface area (Å²) in [5, 5.41) is 41.6. The first-order valence-corrected chi connectivity index (χ1v) is 13.2. The number of thiazole rings is 1. The normalized spacial score (nSPS) is 23.0. The van der Waals surface area contributed by atoms with Gasteiger partial charge in [0.25, 0.3) is 0 Å². The van der Waals surface area contributed by atoms with Gasteiger partial charge in [0.1, 0.15) is 42.0 Å². The maximum Gasteiger partial charge on any atom is 0.194 e. The third-order valence-corrected chi connectivity index (χ3v) is 7.83. The molecule has 1 fully saturated rings. The van der Waals surface area contributed by atoms with E-state index in [1.165, 1.54) is 34.5 Å². The number of aliphatic hydroxyl groups excluding tert-OH is 3. The lowest BCUT2D eigenvalue weighted by Gasteiger charge is -2.41. The van der Waals surface area contributed by atoms with Crippen molar-refractivity contribution in [2.75, 3.05) is 6.61 Å².